The van der Waals surface area contributed by atoms with Crippen molar-refractivity contribution >= 4 is 26.7 Å². The molecule has 0 spiro atoms. The SMILES string of the molecule is Cc1ccc2c(=O)cc(C(=O)N[C@@H]3CCS(=O)(=O)C3)oc2c1. The number of carbonyl (C=O) groups excluding carboxylic acids is 1. The predicted molar refractivity (Wildman–Crippen MR) is 81.7 cm³/mol. The summed E-state index contributed by atoms with van der Waals surface area (Å²) in [4.78, 5) is 24.2. The molecule has 116 valence electrons. The van der Waals surface area contributed by atoms with Crippen LogP contribution in [0, 0.1) is 6.92 Å². The fourth-order valence-electron chi connectivity index (χ4n) is 2.54. The standard InChI is InChI=1S/C15H15NO5S/c1-9-2-3-11-12(17)7-14(21-13(11)6-9)15(18)16-10-4-5-22(19,20)8-10/h2-3,6-7,10H,4-5,8H2,1H3,(H,16,18)/t10-/m1/s1. The smallest absolute Gasteiger partial charge is 0.287 e. The lowest BCUT2D eigenvalue weighted by Gasteiger charge is -2.10. The Kier molecular flexibility index (Phi) is 3.52. The predicted octanol–water partition coefficient (Wildman–Crippen LogP) is 1.02. The molecule has 1 aromatic heterocycles. The Morgan fingerprint density at radius 1 is 1.32 bits per heavy atom. The lowest BCUT2D eigenvalue weighted by molar-refractivity contribution is 0.0913. The van der Waals surface area contributed by atoms with Gasteiger partial charge in [0.15, 0.2) is 21.0 Å². The normalized spacial score (nSPS) is 20.1. The van der Waals surface area contributed by atoms with Crippen LogP contribution < -0.4 is 10.7 Å². The molecule has 1 fully saturated rings. The summed E-state index contributed by atoms with van der Waals surface area (Å²) in [5.41, 5.74) is 0.956. The van der Waals surface area contributed by atoms with E-state index in [1.807, 2.05) is 6.92 Å². The largest absolute Gasteiger partial charge is 0.451 e. The molecule has 1 atom stereocenters. The summed E-state index contributed by atoms with van der Waals surface area (Å²) in [5.74, 6) is -0.677. The van der Waals surface area contributed by atoms with Gasteiger partial charge < -0.3 is 9.73 Å². The zero-order chi connectivity index (χ0) is 15.9. The quantitative estimate of drug-likeness (QED) is 0.891. The highest BCUT2D eigenvalue weighted by Gasteiger charge is 2.29. The van der Waals surface area contributed by atoms with Gasteiger partial charge in [-0.15, -0.1) is 0 Å². The maximum atomic E-state index is 12.2. The van der Waals surface area contributed by atoms with Crippen molar-refractivity contribution in [3.63, 3.8) is 0 Å². The van der Waals surface area contributed by atoms with Gasteiger partial charge in [-0.05, 0) is 31.0 Å². The lowest BCUT2D eigenvalue weighted by atomic mass is 10.1. The van der Waals surface area contributed by atoms with E-state index in [2.05, 4.69) is 5.32 Å². The minimum Gasteiger partial charge on any atom is -0.451 e. The molecule has 6 nitrogen and oxygen atoms in total. The Morgan fingerprint density at radius 2 is 2.09 bits per heavy atom. The molecule has 0 bridgehead atoms. The molecule has 0 aliphatic carbocycles. The maximum Gasteiger partial charge on any atom is 0.287 e. The van der Waals surface area contributed by atoms with Crippen LogP contribution in [0.1, 0.15) is 22.5 Å². The van der Waals surface area contributed by atoms with E-state index in [9.17, 15) is 18.0 Å². The van der Waals surface area contributed by atoms with Crippen molar-refractivity contribution in [1.29, 1.82) is 0 Å². The van der Waals surface area contributed by atoms with E-state index in [4.69, 9.17) is 4.42 Å². The van der Waals surface area contributed by atoms with Gasteiger partial charge in [0.05, 0.1) is 16.9 Å². The molecule has 1 saturated heterocycles. The van der Waals surface area contributed by atoms with Crippen LogP contribution in [0.5, 0.6) is 0 Å². The van der Waals surface area contributed by atoms with Crippen molar-refractivity contribution in [3.05, 3.63) is 45.8 Å². The topological polar surface area (TPSA) is 93.5 Å². The third-order valence-electron chi connectivity index (χ3n) is 3.68. The van der Waals surface area contributed by atoms with Gasteiger partial charge in [0, 0.05) is 12.1 Å². The van der Waals surface area contributed by atoms with Crippen LogP contribution in [-0.4, -0.2) is 31.9 Å². The molecule has 0 radical (unpaired) electrons. The van der Waals surface area contributed by atoms with Crippen LogP contribution in [0.3, 0.4) is 0 Å². The Balaban J connectivity index is 1.90. The van der Waals surface area contributed by atoms with E-state index in [1.165, 1.54) is 0 Å². The maximum absolute atomic E-state index is 12.2. The molecule has 1 aromatic carbocycles. The molecule has 1 N–H and O–H groups in total. The summed E-state index contributed by atoms with van der Waals surface area (Å²) < 4.78 is 28.3. The van der Waals surface area contributed by atoms with Crippen molar-refractivity contribution in [2.24, 2.45) is 0 Å². The van der Waals surface area contributed by atoms with Gasteiger partial charge in [-0.1, -0.05) is 6.07 Å². The highest BCUT2D eigenvalue weighted by molar-refractivity contribution is 7.91. The van der Waals surface area contributed by atoms with Gasteiger partial charge >= 0.3 is 0 Å². The van der Waals surface area contributed by atoms with Crippen LogP contribution in [0.2, 0.25) is 0 Å². The second kappa shape index (κ2) is 5.24. The first kappa shape index (κ1) is 14.8. The summed E-state index contributed by atoms with van der Waals surface area (Å²) in [6.07, 6.45) is 0.380. The first-order chi connectivity index (χ1) is 10.3. The monoisotopic (exact) mass is 321 g/mol. The van der Waals surface area contributed by atoms with Crippen molar-refractivity contribution in [3.8, 4) is 0 Å². The molecule has 0 saturated carbocycles. The number of fused-ring (bicyclic) bond motifs is 1. The Hall–Kier alpha value is -2.15. The zero-order valence-electron chi connectivity index (χ0n) is 12.0. The molecule has 1 amide bonds. The number of hydrogen-bond acceptors (Lipinski definition) is 5. The van der Waals surface area contributed by atoms with Crippen molar-refractivity contribution in [1.82, 2.24) is 5.32 Å². The van der Waals surface area contributed by atoms with Crippen LogP contribution in [0.25, 0.3) is 11.0 Å². The number of hydrogen-bond donors (Lipinski definition) is 1. The van der Waals surface area contributed by atoms with E-state index >= 15 is 0 Å². The van der Waals surface area contributed by atoms with Crippen molar-refractivity contribution in [2.75, 3.05) is 11.5 Å². The zero-order valence-corrected chi connectivity index (χ0v) is 12.8. The van der Waals surface area contributed by atoms with Gasteiger partial charge in [0.2, 0.25) is 0 Å². The van der Waals surface area contributed by atoms with Gasteiger partial charge in [0.25, 0.3) is 5.91 Å². The van der Waals surface area contributed by atoms with Crippen LogP contribution in [0.4, 0.5) is 0 Å². The summed E-state index contributed by atoms with van der Waals surface area (Å²) in [5, 5.41) is 3.01. The minimum atomic E-state index is -3.08. The number of rotatable bonds is 2. The number of nitrogens with one attached hydrogen (secondary N) is 1. The van der Waals surface area contributed by atoms with E-state index in [0.29, 0.717) is 17.4 Å². The van der Waals surface area contributed by atoms with E-state index < -0.39 is 21.8 Å². The summed E-state index contributed by atoms with van der Waals surface area (Å²) in [6, 6.07) is 5.84. The second-order valence-corrected chi connectivity index (χ2v) is 7.78. The minimum absolute atomic E-state index is 0.0683. The Labute approximate surface area is 127 Å². The molecule has 2 aromatic rings. The van der Waals surface area contributed by atoms with Crippen LogP contribution >= 0.6 is 0 Å². The molecule has 1 aliphatic heterocycles. The summed E-state index contributed by atoms with van der Waals surface area (Å²) >= 11 is 0. The Bertz CT molecular complexity index is 913. The van der Waals surface area contributed by atoms with E-state index in [0.717, 1.165) is 11.6 Å². The fourth-order valence-corrected chi connectivity index (χ4v) is 4.21. The third kappa shape index (κ3) is 2.89. The number of amides is 1. The summed E-state index contributed by atoms with van der Waals surface area (Å²) in [6.45, 7) is 1.86. The molecule has 2 heterocycles. The molecule has 3 rings (SSSR count). The van der Waals surface area contributed by atoms with Crippen LogP contribution in [0.15, 0.2) is 33.5 Å². The first-order valence-electron chi connectivity index (χ1n) is 6.90. The fraction of sp³-hybridized carbons (Fsp3) is 0.333. The average molecular weight is 321 g/mol. The highest BCUT2D eigenvalue weighted by atomic mass is 32.2. The number of benzene rings is 1. The molecule has 22 heavy (non-hydrogen) atoms. The van der Waals surface area contributed by atoms with Gasteiger partial charge in [0.1, 0.15) is 5.58 Å². The number of aryl methyl sites for hydroxylation is 1. The molecule has 1 aliphatic rings. The van der Waals surface area contributed by atoms with Crippen LogP contribution in [-0.2, 0) is 9.84 Å². The number of sulfone groups is 1. The molecular weight excluding hydrogens is 306 g/mol. The molecular formula is C15H15NO5S. The molecule has 0 unspecified atom stereocenters. The summed E-state index contributed by atoms with van der Waals surface area (Å²) in [7, 11) is -3.08. The van der Waals surface area contributed by atoms with Gasteiger partial charge in [-0.25, -0.2) is 8.42 Å². The number of carbonyl (C=O) groups is 1. The lowest BCUT2D eigenvalue weighted by Crippen LogP contribution is -2.35. The second-order valence-electron chi connectivity index (χ2n) is 5.55. The first-order valence-corrected chi connectivity index (χ1v) is 8.72. The average Bonchev–Trinajstić information content (AvgIpc) is 2.77. The Morgan fingerprint density at radius 3 is 2.77 bits per heavy atom. The van der Waals surface area contributed by atoms with Crippen molar-refractivity contribution in [2.45, 2.75) is 19.4 Å². The van der Waals surface area contributed by atoms with E-state index in [-0.39, 0.29) is 22.7 Å². The van der Waals surface area contributed by atoms with Gasteiger partial charge in [-0.2, -0.15) is 0 Å². The third-order valence-corrected chi connectivity index (χ3v) is 5.44. The van der Waals surface area contributed by atoms with E-state index in [1.54, 1.807) is 18.2 Å². The highest BCUT2D eigenvalue weighted by Crippen LogP contribution is 2.16. The molecule has 7 heteroatoms. The van der Waals surface area contributed by atoms with Crippen molar-refractivity contribution < 1.29 is 17.6 Å². The van der Waals surface area contributed by atoms with Gasteiger partial charge in [-0.3, -0.25) is 9.59 Å².